The van der Waals surface area contributed by atoms with Crippen LogP contribution < -0.4 is 4.90 Å². The van der Waals surface area contributed by atoms with Crippen LogP contribution in [-0.2, 0) is 36.6 Å². The predicted octanol–water partition coefficient (Wildman–Crippen LogP) is 2.26. The molecule has 7 nitrogen and oxygen atoms in total. The van der Waals surface area contributed by atoms with Gasteiger partial charge in [0.25, 0.3) is 0 Å². The molecule has 0 bridgehead atoms. The topological polar surface area (TPSA) is 78.0 Å². The van der Waals surface area contributed by atoms with E-state index in [1.807, 2.05) is 36.4 Å². The van der Waals surface area contributed by atoms with E-state index < -0.39 is 11.9 Å². The Hall–Kier alpha value is -3.19. The number of pyridine rings is 1. The van der Waals surface area contributed by atoms with Crippen LogP contribution in [0.5, 0.6) is 0 Å². The number of carbonyl (C=O) groups excluding carboxylic acids is 2. The zero-order chi connectivity index (χ0) is 19.9. The molecule has 3 rings (SSSR count). The number of methoxy groups -OCH3 is 2. The summed E-state index contributed by atoms with van der Waals surface area (Å²) in [5.74, 6) is -1.22. The van der Waals surface area contributed by atoms with E-state index in [-0.39, 0.29) is 24.6 Å². The number of aryl methyl sites for hydroxylation is 2. The van der Waals surface area contributed by atoms with Crippen molar-refractivity contribution in [3.8, 4) is 0 Å². The van der Waals surface area contributed by atoms with Crippen LogP contribution in [0.25, 0.3) is 0 Å². The largest absolute Gasteiger partial charge is 0.466 e. The summed E-state index contributed by atoms with van der Waals surface area (Å²) in [4.78, 5) is 30.4. The molecular formula is C21H22N2O5. The number of esters is 2. The summed E-state index contributed by atoms with van der Waals surface area (Å²) in [6, 6.07) is 11.7. The maximum absolute atomic E-state index is 12.5. The quantitative estimate of drug-likeness (QED) is 0.709. The molecule has 0 saturated carbocycles. The third-order valence-corrected chi connectivity index (χ3v) is 4.55. The van der Waals surface area contributed by atoms with E-state index in [0.717, 1.165) is 24.1 Å². The van der Waals surface area contributed by atoms with Gasteiger partial charge in [-0.05, 0) is 42.2 Å². The minimum Gasteiger partial charge on any atom is -0.466 e. The van der Waals surface area contributed by atoms with Gasteiger partial charge in [0.1, 0.15) is 12.4 Å². The Labute approximate surface area is 163 Å². The summed E-state index contributed by atoms with van der Waals surface area (Å²) < 4.78 is 15.3. The van der Waals surface area contributed by atoms with E-state index in [4.69, 9.17) is 14.2 Å². The van der Waals surface area contributed by atoms with Crippen molar-refractivity contribution in [1.29, 1.82) is 0 Å². The van der Waals surface area contributed by atoms with Gasteiger partial charge in [0.2, 0.25) is 0 Å². The monoisotopic (exact) mass is 382 g/mol. The van der Waals surface area contributed by atoms with E-state index in [1.54, 1.807) is 17.3 Å². The van der Waals surface area contributed by atoms with Gasteiger partial charge in [-0.3, -0.25) is 4.98 Å². The van der Waals surface area contributed by atoms with Crippen LogP contribution in [0.3, 0.4) is 0 Å². The number of anilines is 1. The normalized spacial score (nSPS) is 14.0. The third-order valence-electron chi connectivity index (χ3n) is 4.55. The van der Waals surface area contributed by atoms with E-state index in [1.165, 1.54) is 19.8 Å². The fourth-order valence-electron chi connectivity index (χ4n) is 3.15. The molecule has 0 unspecified atom stereocenters. The highest BCUT2D eigenvalue weighted by molar-refractivity contribution is 6.03. The van der Waals surface area contributed by atoms with Gasteiger partial charge in [-0.2, -0.15) is 0 Å². The highest BCUT2D eigenvalue weighted by Gasteiger charge is 2.33. The van der Waals surface area contributed by atoms with Gasteiger partial charge >= 0.3 is 11.9 Å². The first-order valence-corrected chi connectivity index (χ1v) is 8.87. The van der Waals surface area contributed by atoms with Crippen LogP contribution in [0.4, 0.5) is 5.69 Å². The summed E-state index contributed by atoms with van der Waals surface area (Å²) in [6.07, 6.45) is 5.09. The molecule has 0 saturated heterocycles. The molecule has 0 fully saturated rings. The van der Waals surface area contributed by atoms with Gasteiger partial charge < -0.3 is 19.1 Å². The molecule has 1 aliphatic heterocycles. The number of para-hydroxylation sites is 1. The zero-order valence-corrected chi connectivity index (χ0v) is 15.9. The molecule has 0 amide bonds. The Morgan fingerprint density at radius 3 is 2.46 bits per heavy atom. The van der Waals surface area contributed by atoms with Gasteiger partial charge in [-0.15, -0.1) is 0 Å². The number of hydrogen-bond acceptors (Lipinski definition) is 7. The number of hydrogen-bond donors (Lipinski definition) is 0. The maximum atomic E-state index is 12.5. The number of aromatic nitrogens is 1. The van der Waals surface area contributed by atoms with Gasteiger partial charge in [-0.1, -0.05) is 18.2 Å². The molecule has 0 radical (unpaired) electrons. The molecule has 0 atom stereocenters. The second-order valence-electron chi connectivity index (χ2n) is 6.20. The minimum absolute atomic E-state index is 0.00715. The van der Waals surface area contributed by atoms with Crippen molar-refractivity contribution in [1.82, 2.24) is 4.98 Å². The molecule has 1 aromatic carbocycles. The minimum atomic E-state index is -0.612. The lowest BCUT2D eigenvalue weighted by Crippen LogP contribution is -2.39. The van der Waals surface area contributed by atoms with Crippen molar-refractivity contribution in [2.75, 3.05) is 32.5 Å². The number of nitrogens with zero attached hydrogens (tertiary/aromatic N) is 2. The number of ether oxygens (including phenoxy) is 3. The molecule has 2 heterocycles. The average Bonchev–Trinajstić information content (AvgIpc) is 2.77. The van der Waals surface area contributed by atoms with Crippen molar-refractivity contribution >= 4 is 17.6 Å². The van der Waals surface area contributed by atoms with E-state index in [9.17, 15) is 9.59 Å². The lowest BCUT2D eigenvalue weighted by atomic mass is 10.0. The molecule has 0 aliphatic carbocycles. The van der Waals surface area contributed by atoms with Crippen molar-refractivity contribution in [3.05, 3.63) is 71.2 Å². The second kappa shape index (κ2) is 9.14. The van der Waals surface area contributed by atoms with Crippen LogP contribution in [0.15, 0.2) is 60.1 Å². The second-order valence-corrected chi connectivity index (χ2v) is 6.20. The molecule has 1 aromatic heterocycles. The maximum Gasteiger partial charge on any atom is 0.355 e. The van der Waals surface area contributed by atoms with Crippen LogP contribution in [-0.4, -0.2) is 44.5 Å². The Bertz CT molecular complexity index is 879. The van der Waals surface area contributed by atoms with Crippen LogP contribution in [0.2, 0.25) is 0 Å². The zero-order valence-electron chi connectivity index (χ0n) is 15.9. The van der Waals surface area contributed by atoms with Crippen molar-refractivity contribution in [2.24, 2.45) is 0 Å². The standard InChI is InChI=1S/C21H22N2O5/c1-26-20(24)17-13-28-14-23(19(17)21(25)27-2)18-6-4-3-5-16(18)8-7-15-9-11-22-12-10-15/h3-6,9-12H,7-8,13-14H2,1-2H3. The summed E-state index contributed by atoms with van der Waals surface area (Å²) >= 11 is 0. The fraction of sp³-hybridized carbons (Fsp3) is 0.286. The smallest absolute Gasteiger partial charge is 0.355 e. The Balaban J connectivity index is 1.97. The lowest BCUT2D eigenvalue weighted by Gasteiger charge is -2.32. The summed E-state index contributed by atoms with van der Waals surface area (Å²) in [7, 11) is 2.55. The van der Waals surface area contributed by atoms with Crippen molar-refractivity contribution in [2.45, 2.75) is 12.8 Å². The first kappa shape index (κ1) is 19.6. The van der Waals surface area contributed by atoms with Gasteiger partial charge in [-0.25, -0.2) is 9.59 Å². The SMILES string of the molecule is COC(=O)C1=C(C(=O)OC)N(c2ccccc2CCc2ccncc2)COC1. The molecule has 0 N–H and O–H groups in total. The number of carbonyl (C=O) groups is 2. The predicted molar refractivity (Wildman–Crippen MR) is 102 cm³/mol. The molecule has 146 valence electrons. The molecule has 7 heteroatoms. The summed E-state index contributed by atoms with van der Waals surface area (Å²) in [6.45, 7) is 0.129. The number of benzene rings is 1. The molecule has 28 heavy (non-hydrogen) atoms. The highest BCUT2D eigenvalue weighted by atomic mass is 16.5. The first-order valence-electron chi connectivity index (χ1n) is 8.87. The Kier molecular flexibility index (Phi) is 6.39. The third kappa shape index (κ3) is 4.20. The van der Waals surface area contributed by atoms with Crippen molar-refractivity contribution in [3.63, 3.8) is 0 Å². The highest BCUT2D eigenvalue weighted by Crippen LogP contribution is 2.30. The van der Waals surface area contributed by atoms with Gasteiger partial charge in [0, 0.05) is 18.1 Å². The van der Waals surface area contributed by atoms with Crippen LogP contribution in [0, 0.1) is 0 Å². The average molecular weight is 382 g/mol. The van der Waals surface area contributed by atoms with Crippen molar-refractivity contribution < 1.29 is 23.8 Å². The van der Waals surface area contributed by atoms with E-state index >= 15 is 0 Å². The molecule has 2 aromatic rings. The Morgan fingerprint density at radius 2 is 1.75 bits per heavy atom. The van der Waals surface area contributed by atoms with Crippen LogP contribution in [0.1, 0.15) is 11.1 Å². The summed E-state index contributed by atoms with van der Waals surface area (Å²) in [5, 5.41) is 0. The van der Waals surface area contributed by atoms with Gasteiger partial charge in [0.05, 0.1) is 26.4 Å². The van der Waals surface area contributed by atoms with E-state index in [0.29, 0.717) is 0 Å². The molecule has 1 aliphatic rings. The Morgan fingerprint density at radius 1 is 1.04 bits per heavy atom. The lowest BCUT2D eigenvalue weighted by molar-refractivity contribution is -0.140. The van der Waals surface area contributed by atoms with Crippen LogP contribution >= 0.6 is 0 Å². The first-order chi connectivity index (χ1) is 13.7. The fourth-order valence-corrected chi connectivity index (χ4v) is 3.15. The van der Waals surface area contributed by atoms with E-state index in [2.05, 4.69) is 4.98 Å². The molecule has 0 spiro atoms. The number of rotatable bonds is 6. The van der Waals surface area contributed by atoms with Gasteiger partial charge in [0.15, 0.2) is 0 Å². The summed E-state index contributed by atoms with van der Waals surface area (Å²) in [5.41, 5.74) is 3.27. The molecular weight excluding hydrogens is 360 g/mol.